The molecule has 6 heteroatoms. The van der Waals surface area contributed by atoms with E-state index in [0.29, 0.717) is 17.5 Å². The van der Waals surface area contributed by atoms with Crippen molar-refractivity contribution in [3.05, 3.63) is 70.0 Å². The van der Waals surface area contributed by atoms with Crippen LogP contribution in [-0.4, -0.2) is 0 Å². The van der Waals surface area contributed by atoms with Crippen molar-refractivity contribution in [2.45, 2.75) is 17.4 Å². The standard InChI is InChI=1S/C15H10BrClF4/c16-12(11-2-1-3-13(18)14(11)17)8-9-4-6-10(7-5-9)15(19,20)21/h1-7,12H,8H2. The second kappa shape index (κ2) is 6.36. The summed E-state index contributed by atoms with van der Waals surface area (Å²) in [7, 11) is 0. The van der Waals surface area contributed by atoms with Gasteiger partial charge in [0.15, 0.2) is 0 Å². The van der Waals surface area contributed by atoms with Gasteiger partial charge in [0.25, 0.3) is 0 Å². The maximum atomic E-state index is 13.4. The van der Waals surface area contributed by atoms with Crippen LogP contribution in [0.4, 0.5) is 17.6 Å². The first-order chi connectivity index (χ1) is 9.79. The van der Waals surface area contributed by atoms with Crippen molar-refractivity contribution in [2.24, 2.45) is 0 Å². The average Bonchev–Trinajstić information content (AvgIpc) is 2.41. The third-order valence-corrected chi connectivity index (χ3v) is 4.23. The Kier molecular flexibility index (Phi) is 4.94. The Bertz CT molecular complexity index is 623. The first-order valence-electron chi connectivity index (χ1n) is 6.03. The van der Waals surface area contributed by atoms with Gasteiger partial charge in [-0.25, -0.2) is 4.39 Å². The quantitative estimate of drug-likeness (QED) is 0.440. The third-order valence-electron chi connectivity index (χ3n) is 3.02. The fourth-order valence-electron chi connectivity index (χ4n) is 1.91. The van der Waals surface area contributed by atoms with Crippen molar-refractivity contribution in [3.63, 3.8) is 0 Å². The van der Waals surface area contributed by atoms with Gasteiger partial charge in [-0.15, -0.1) is 0 Å². The summed E-state index contributed by atoms with van der Waals surface area (Å²) in [6.45, 7) is 0. The Morgan fingerprint density at radius 2 is 1.67 bits per heavy atom. The van der Waals surface area contributed by atoms with Gasteiger partial charge < -0.3 is 0 Å². The van der Waals surface area contributed by atoms with Gasteiger partial charge in [-0.1, -0.05) is 51.8 Å². The fraction of sp³-hybridized carbons (Fsp3) is 0.200. The van der Waals surface area contributed by atoms with Crippen molar-refractivity contribution in [2.75, 3.05) is 0 Å². The molecule has 112 valence electrons. The molecule has 0 aliphatic carbocycles. The van der Waals surface area contributed by atoms with Crippen LogP contribution in [-0.2, 0) is 12.6 Å². The molecule has 0 nitrogen and oxygen atoms in total. The SMILES string of the molecule is Fc1cccc(C(Br)Cc2ccc(C(F)(F)F)cc2)c1Cl. The van der Waals surface area contributed by atoms with Gasteiger partial charge in [0, 0.05) is 4.83 Å². The minimum Gasteiger partial charge on any atom is -0.205 e. The third kappa shape index (κ3) is 3.98. The molecule has 2 aromatic carbocycles. The second-order valence-electron chi connectivity index (χ2n) is 4.51. The highest BCUT2D eigenvalue weighted by Gasteiger charge is 2.30. The molecule has 0 saturated carbocycles. The van der Waals surface area contributed by atoms with E-state index in [4.69, 9.17) is 11.6 Å². The largest absolute Gasteiger partial charge is 0.416 e. The summed E-state index contributed by atoms with van der Waals surface area (Å²) in [5.74, 6) is -0.522. The summed E-state index contributed by atoms with van der Waals surface area (Å²) >= 11 is 9.28. The van der Waals surface area contributed by atoms with Crippen LogP contribution in [0.3, 0.4) is 0 Å². The molecule has 21 heavy (non-hydrogen) atoms. The van der Waals surface area contributed by atoms with Gasteiger partial charge in [-0.2, -0.15) is 13.2 Å². The molecule has 0 saturated heterocycles. The number of hydrogen-bond donors (Lipinski definition) is 0. The number of halogens is 6. The lowest BCUT2D eigenvalue weighted by Gasteiger charge is -2.13. The normalized spacial score (nSPS) is 13.2. The molecular weight excluding hydrogens is 372 g/mol. The molecule has 0 N–H and O–H groups in total. The van der Waals surface area contributed by atoms with E-state index >= 15 is 0 Å². The van der Waals surface area contributed by atoms with Crippen LogP contribution >= 0.6 is 27.5 Å². The summed E-state index contributed by atoms with van der Waals surface area (Å²) in [4.78, 5) is -0.280. The molecule has 0 fully saturated rings. The molecule has 0 radical (unpaired) electrons. The van der Waals surface area contributed by atoms with Crippen molar-refractivity contribution >= 4 is 27.5 Å². The van der Waals surface area contributed by atoms with Gasteiger partial charge in [0.2, 0.25) is 0 Å². The predicted molar refractivity (Wildman–Crippen MR) is 78.2 cm³/mol. The van der Waals surface area contributed by atoms with E-state index in [0.717, 1.165) is 12.1 Å². The van der Waals surface area contributed by atoms with E-state index in [2.05, 4.69) is 15.9 Å². The lowest BCUT2D eigenvalue weighted by molar-refractivity contribution is -0.137. The lowest BCUT2D eigenvalue weighted by atomic mass is 10.0. The van der Waals surface area contributed by atoms with E-state index in [1.165, 1.54) is 24.3 Å². The Morgan fingerprint density at radius 1 is 1.05 bits per heavy atom. The molecule has 0 bridgehead atoms. The number of hydrogen-bond acceptors (Lipinski definition) is 0. The highest BCUT2D eigenvalue weighted by atomic mass is 79.9. The van der Waals surface area contributed by atoms with Crippen molar-refractivity contribution in [3.8, 4) is 0 Å². The van der Waals surface area contributed by atoms with Crippen LogP contribution in [0.2, 0.25) is 5.02 Å². The summed E-state index contributed by atoms with van der Waals surface area (Å²) in [6.07, 6.45) is -3.94. The number of alkyl halides is 4. The molecule has 0 aliphatic rings. The summed E-state index contributed by atoms with van der Waals surface area (Å²) in [5, 5.41) is 0.0197. The Hall–Kier alpha value is -1.07. The average molecular weight is 382 g/mol. The van der Waals surface area contributed by atoms with Crippen LogP contribution in [0.15, 0.2) is 42.5 Å². The summed E-state index contributed by atoms with van der Waals surface area (Å²) in [6, 6.07) is 9.34. The van der Waals surface area contributed by atoms with Gasteiger partial charge in [0.05, 0.1) is 10.6 Å². The van der Waals surface area contributed by atoms with Crippen LogP contribution in [0.1, 0.15) is 21.5 Å². The van der Waals surface area contributed by atoms with Gasteiger partial charge >= 0.3 is 6.18 Å². The van der Waals surface area contributed by atoms with Crippen LogP contribution in [0.5, 0.6) is 0 Å². The Balaban J connectivity index is 2.16. The molecule has 2 aromatic rings. The van der Waals surface area contributed by atoms with E-state index in [-0.39, 0.29) is 9.85 Å². The van der Waals surface area contributed by atoms with E-state index in [1.807, 2.05) is 0 Å². The van der Waals surface area contributed by atoms with Crippen molar-refractivity contribution in [1.29, 1.82) is 0 Å². The molecule has 0 amide bonds. The van der Waals surface area contributed by atoms with Crippen molar-refractivity contribution < 1.29 is 17.6 Å². The van der Waals surface area contributed by atoms with Crippen LogP contribution < -0.4 is 0 Å². The highest BCUT2D eigenvalue weighted by Crippen LogP contribution is 2.34. The zero-order valence-corrected chi connectivity index (χ0v) is 12.9. The van der Waals surface area contributed by atoms with Gasteiger partial charge in [-0.3, -0.25) is 0 Å². The minimum atomic E-state index is -4.35. The van der Waals surface area contributed by atoms with Crippen LogP contribution in [0.25, 0.3) is 0 Å². The summed E-state index contributed by atoms with van der Waals surface area (Å²) in [5.41, 5.74) is 0.572. The van der Waals surface area contributed by atoms with Crippen LogP contribution in [0, 0.1) is 5.82 Å². The summed E-state index contributed by atoms with van der Waals surface area (Å²) < 4.78 is 50.8. The van der Waals surface area contributed by atoms with E-state index < -0.39 is 17.6 Å². The van der Waals surface area contributed by atoms with E-state index in [1.54, 1.807) is 6.07 Å². The van der Waals surface area contributed by atoms with Gasteiger partial charge in [0.1, 0.15) is 5.82 Å². The molecule has 2 rings (SSSR count). The Morgan fingerprint density at radius 3 is 2.24 bits per heavy atom. The van der Waals surface area contributed by atoms with Crippen molar-refractivity contribution in [1.82, 2.24) is 0 Å². The van der Waals surface area contributed by atoms with E-state index in [9.17, 15) is 17.6 Å². The highest BCUT2D eigenvalue weighted by molar-refractivity contribution is 9.09. The monoisotopic (exact) mass is 380 g/mol. The molecule has 0 aliphatic heterocycles. The number of benzene rings is 2. The molecule has 1 atom stereocenters. The smallest absolute Gasteiger partial charge is 0.205 e. The topological polar surface area (TPSA) is 0 Å². The second-order valence-corrected chi connectivity index (χ2v) is 5.99. The zero-order chi connectivity index (χ0) is 15.6. The molecule has 0 spiro atoms. The number of rotatable bonds is 3. The Labute approximate surface area is 132 Å². The molecule has 0 heterocycles. The van der Waals surface area contributed by atoms with Gasteiger partial charge in [-0.05, 0) is 35.7 Å². The first-order valence-corrected chi connectivity index (χ1v) is 7.32. The minimum absolute atomic E-state index is 0.0197. The predicted octanol–water partition coefficient (Wildman–Crippen LogP) is 6.18. The fourth-order valence-corrected chi connectivity index (χ4v) is 3.05. The maximum Gasteiger partial charge on any atom is 0.416 e. The molecular formula is C15H10BrClF4. The lowest BCUT2D eigenvalue weighted by Crippen LogP contribution is -2.05. The first kappa shape index (κ1) is 16.3. The zero-order valence-electron chi connectivity index (χ0n) is 10.6. The molecule has 1 unspecified atom stereocenters. The maximum absolute atomic E-state index is 13.4. The molecule has 0 aromatic heterocycles.